The van der Waals surface area contributed by atoms with Gasteiger partial charge in [0.25, 0.3) is 0 Å². The Bertz CT molecular complexity index is 2550. The van der Waals surface area contributed by atoms with Crippen molar-refractivity contribution < 1.29 is 34.7 Å². The minimum absolute atomic E-state index is 0.0175. The number of ether oxygens (including phenoxy) is 1. The Kier molecular flexibility index (Phi) is 11.6. The van der Waals surface area contributed by atoms with Gasteiger partial charge in [-0.15, -0.1) is 11.3 Å². The highest BCUT2D eigenvalue weighted by molar-refractivity contribution is 7.90. The lowest BCUT2D eigenvalue weighted by atomic mass is 9.71. The van der Waals surface area contributed by atoms with Crippen LogP contribution in [-0.2, 0) is 25.6 Å². The molecule has 7 rings (SSSR count). The van der Waals surface area contributed by atoms with Gasteiger partial charge in [0.1, 0.15) is 28.1 Å². The number of sulfonamides is 1. The first kappa shape index (κ1) is 41.6. The van der Waals surface area contributed by atoms with E-state index in [2.05, 4.69) is 15.2 Å². The van der Waals surface area contributed by atoms with Crippen molar-refractivity contribution in [3.05, 3.63) is 94.4 Å². The Morgan fingerprint density at radius 1 is 0.914 bits per heavy atom. The van der Waals surface area contributed by atoms with Crippen molar-refractivity contribution in [1.29, 1.82) is 0 Å². The summed E-state index contributed by atoms with van der Waals surface area (Å²) in [5.74, 6) is -3.54. The number of benzene rings is 3. The molecule has 4 heterocycles. The molecule has 0 saturated carbocycles. The van der Waals surface area contributed by atoms with E-state index < -0.39 is 48.0 Å². The number of hydrogen-bond acceptors (Lipinski definition) is 11. The van der Waals surface area contributed by atoms with Crippen LogP contribution in [0.25, 0.3) is 21.8 Å². The second kappa shape index (κ2) is 16.2. The fourth-order valence-corrected chi connectivity index (χ4v) is 11.2. The molecule has 17 heteroatoms. The second-order valence-electron chi connectivity index (χ2n) is 15.4. The smallest absolute Gasteiger partial charge is 0.227 e. The van der Waals surface area contributed by atoms with Crippen molar-refractivity contribution in [2.45, 2.75) is 63.0 Å². The first-order valence-electron chi connectivity index (χ1n) is 18.9. The van der Waals surface area contributed by atoms with Gasteiger partial charge in [-0.2, -0.15) is 0 Å². The van der Waals surface area contributed by atoms with E-state index in [1.54, 1.807) is 23.7 Å². The van der Waals surface area contributed by atoms with Crippen LogP contribution in [0.5, 0.6) is 5.75 Å². The van der Waals surface area contributed by atoms with Gasteiger partial charge in [-0.25, -0.2) is 49.3 Å². The molecule has 2 fully saturated rings. The topological polar surface area (TPSA) is 135 Å². The maximum Gasteiger partial charge on any atom is 0.227 e. The van der Waals surface area contributed by atoms with Crippen LogP contribution >= 0.6 is 11.3 Å². The number of piperidine rings is 2. The van der Waals surface area contributed by atoms with E-state index in [0.29, 0.717) is 40.1 Å². The van der Waals surface area contributed by atoms with Gasteiger partial charge in [-0.05, 0) is 73.9 Å². The summed E-state index contributed by atoms with van der Waals surface area (Å²) in [7, 11) is -6.19. The summed E-state index contributed by atoms with van der Waals surface area (Å²) in [6.45, 7) is 8.76. The number of methoxy groups -OCH3 is 1. The molecule has 2 saturated heterocycles. The zero-order valence-corrected chi connectivity index (χ0v) is 35.3. The summed E-state index contributed by atoms with van der Waals surface area (Å²) in [6.07, 6.45) is 6.54. The maximum absolute atomic E-state index is 16.3. The van der Waals surface area contributed by atoms with Crippen LogP contribution in [0, 0.1) is 29.8 Å². The first-order chi connectivity index (χ1) is 27.5. The van der Waals surface area contributed by atoms with Crippen LogP contribution < -0.4 is 15.0 Å². The van der Waals surface area contributed by atoms with Crippen LogP contribution in [0.15, 0.2) is 65.7 Å². The molecular formula is C41H45F3N6O5S3. The molecular weight excluding hydrogens is 810 g/mol. The molecule has 5 aromatic rings. The lowest BCUT2D eigenvalue weighted by Crippen LogP contribution is -2.48. The van der Waals surface area contributed by atoms with Gasteiger partial charge in [0.05, 0.1) is 46.1 Å². The minimum Gasteiger partial charge on any atom is -0.494 e. The fraction of sp³-hybridized carbons (Fsp3) is 0.390. The Morgan fingerprint density at radius 2 is 1.57 bits per heavy atom. The third-order valence-electron chi connectivity index (χ3n) is 11.1. The molecule has 11 nitrogen and oxygen atoms in total. The third-order valence-corrected chi connectivity index (χ3v) is 15.5. The number of anilines is 3. The van der Waals surface area contributed by atoms with Gasteiger partial charge in [-0.1, -0.05) is 32.0 Å². The van der Waals surface area contributed by atoms with E-state index in [9.17, 15) is 25.6 Å². The van der Waals surface area contributed by atoms with E-state index in [1.807, 2.05) is 32.9 Å². The van der Waals surface area contributed by atoms with Crippen LogP contribution in [0.4, 0.5) is 30.5 Å². The fourth-order valence-electron chi connectivity index (χ4n) is 7.84. The number of halogens is 3. The van der Waals surface area contributed by atoms with Gasteiger partial charge >= 0.3 is 0 Å². The summed E-state index contributed by atoms with van der Waals surface area (Å²) in [5.41, 5.74) is 3.29. The number of aromatic nitrogens is 3. The second-order valence-corrected chi connectivity index (χ2v) is 20.3. The Hall–Kier alpha value is -4.58. The van der Waals surface area contributed by atoms with Crippen molar-refractivity contribution in [1.82, 2.24) is 19.3 Å². The van der Waals surface area contributed by atoms with Gasteiger partial charge in [0.15, 0.2) is 9.84 Å². The highest BCUT2D eigenvalue weighted by atomic mass is 32.2. The monoisotopic (exact) mass is 854 g/mol. The number of aryl methyl sites for hydroxylation is 1. The highest BCUT2D eigenvalue weighted by Crippen LogP contribution is 2.45. The molecule has 2 aliphatic heterocycles. The molecule has 0 unspecified atom stereocenters. The molecule has 0 amide bonds. The third kappa shape index (κ3) is 8.44. The van der Waals surface area contributed by atoms with Crippen molar-refractivity contribution in [3.63, 3.8) is 0 Å². The first-order valence-corrected chi connectivity index (χ1v) is 23.2. The van der Waals surface area contributed by atoms with E-state index in [1.165, 1.54) is 35.8 Å². The molecule has 1 spiro atoms. The van der Waals surface area contributed by atoms with Crippen LogP contribution in [0.2, 0.25) is 0 Å². The molecule has 2 aromatic heterocycles. The Balaban J connectivity index is 1.13. The summed E-state index contributed by atoms with van der Waals surface area (Å²) in [4.78, 5) is 15.8. The molecule has 0 radical (unpaired) electrons. The van der Waals surface area contributed by atoms with E-state index >= 15 is 4.39 Å². The zero-order chi connectivity index (χ0) is 41.6. The van der Waals surface area contributed by atoms with Crippen LogP contribution in [-0.4, -0.2) is 75.6 Å². The summed E-state index contributed by atoms with van der Waals surface area (Å²) < 4.78 is 103. The summed E-state index contributed by atoms with van der Waals surface area (Å²) in [5, 5.41) is 3.98. The van der Waals surface area contributed by atoms with Gasteiger partial charge < -0.3 is 15.0 Å². The number of nitrogens with one attached hydrogen (secondary N) is 1. The number of thiazole rings is 1. The molecule has 0 aliphatic carbocycles. The summed E-state index contributed by atoms with van der Waals surface area (Å²) >= 11 is 1.32. The number of sulfone groups is 1. The SMILES string of the molecule is COc1cc(N2CCC3(CC2)CCN(S(C)(=O)=O)CC3)c(C)cc1Nc1nccc(-c2sc(C(C)C)nc2-c2cccc(CS(=O)(=O)c3c(F)cccc3F)c2F)n1. The van der Waals surface area contributed by atoms with E-state index in [-0.39, 0.29) is 34.1 Å². The molecule has 2 aliphatic rings. The quantitative estimate of drug-likeness (QED) is 0.138. The number of nitrogens with zero attached hydrogens (tertiary/aromatic N) is 5. The molecule has 0 atom stereocenters. The molecule has 0 bridgehead atoms. The van der Waals surface area contributed by atoms with Crippen LogP contribution in [0.3, 0.4) is 0 Å². The predicted molar refractivity (Wildman–Crippen MR) is 220 cm³/mol. The van der Waals surface area contributed by atoms with Crippen molar-refractivity contribution in [3.8, 4) is 27.6 Å². The summed E-state index contributed by atoms with van der Waals surface area (Å²) in [6, 6.07) is 12.6. The normalized spacial score (nSPS) is 16.3. The van der Waals surface area contributed by atoms with Crippen molar-refractivity contribution in [2.75, 3.05) is 49.8 Å². The Labute approximate surface area is 341 Å². The largest absolute Gasteiger partial charge is 0.494 e. The molecule has 1 N–H and O–H groups in total. The number of hydrogen-bond donors (Lipinski definition) is 1. The average molecular weight is 855 g/mol. The van der Waals surface area contributed by atoms with Gasteiger partial charge in [0, 0.05) is 61.2 Å². The standard InChI is InChI=1S/C41H45F3N6O5S3/c1-25(2)39-48-36(28-9-6-8-27(35(28)44)24-58(53,54)38-29(42)10-7-11-30(38)43)37(56-39)31-12-17-45-40(46-31)47-32-22-26(3)33(23-34(32)55-4)49-18-13-41(14-19-49)15-20-50(21-16-41)57(5,51)52/h6-12,17,22-23,25H,13-16,18-21,24H2,1-5H3,(H,45,46,47). The minimum atomic E-state index is -4.60. The Morgan fingerprint density at radius 3 is 2.21 bits per heavy atom. The van der Waals surface area contributed by atoms with Crippen LogP contribution in [0.1, 0.15) is 61.6 Å². The lowest BCUT2D eigenvalue weighted by molar-refractivity contribution is 0.119. The molecule has 308 valence electrons. The highest BCUT2D eigenvalue weighted by Gasteiger charge is 2.39. The lowest BCUT2D eigenvalue weighted by Gasteiger charge is -2.47. The average Bonchev–Trinajstić information content (AvgIpc) is 3.62. The maximum atomic E-state index is 16.3. The van der Waals surface area contributed by atoms with Crippen molar-refractivity contribution in [2.24, 2.45) is 5.41 Å². The molecule has 58 heavy (non-hydrogen) atoms. The zero-order valence-electron chi connectivity index (χ0n) is 32.9. The van der Waals surface area contributed by atoms with Crippen molar-refractivity contribution >= 4 is 48.5 Å². The van der Waals surface area contributed by atoms with Gasteiger partial charge in [0.2, 0.25) is 16.0 Å². The van der Waals surface area contributed by atoms with E-state index in [4.69, 9.17) is 14.7 Å². The van der Waals surface area contributed by atoms with E-state index in [0.717, 1.165) is 68.2 Å². The molecule has 3 aromatic carbocycles. The predicted octanol–water partition coefficient (Wildman–Crippen LogP) is 8.48. The van der Waals surface area contributed by atoms with Gasteiger partial charge in [-0.3, -0.25) is 0 Å². The number of rotatable bonds is 11.